The molecule has 2 heterocycles. The third-order valence-electron chi connectivity index (χ3n) is 6.92. The standard InChI is InChI=1S/C27H26N2O3/c28-17-20-11-12-23-22(16-20)24(25(30)27(32-23)13-5-2-6-14-27)21-10-7-15-29(26(21)31)18-19-8-3-1-4-9-19/h1,3-4,7-12,15-16,24-25,30H,2,5-6,13-14,18H2. The van der Waals surface area contributed by atoms with Crippen molar-refractivity contribution in [1.82, 2.24) is 4.57 Å². The van der Waals surface area contributed by atoms with Gasteiger partial charge in [0.15, 0.2) is 0 Å². The number of aliphatic hydroxyl groups is 1. The van der Waals surface area contributed by atoms with Gasteiger partial charge < -0.3 is 14.4 Å². The molecule has 5 rings (SSSR count). The van der Waals surface area contributed by atoms with Crippen molar-refractivity contribution in [3.63, 3.8) is 0 Å². The van der Waals surface area contributed by atoms with Gasteiger partial charge >= 0.3 is 0 Å². The Morgan fingerprint density at radius 2 is 1.81 bits per heavy atom. The Bertz CT molecular complexity index is 1220. The molecule has 162 valence electrons. The minimum atomic E-state index is -0.857. The molecule has 0 bridgehead atoms. The SMILES string of the molecule is N#Cc1ccc2c(c1)C(c1cccn(Cc3ccccc3)c1=O)C(O)C1(CCCCC1)O2. The van der Waals surface area contributed by atoms with E-state index in [4.69, 9.17) is 4.74 Å². The molecule has 1 fully saturated rings. The molecule has 1 spiro atoms. The van der Waals surface area contributed by atoms with Crippen LogP contribution in [0.2, 0.25) is 0 Å². The van der Waals surface area contributed by atoms with Gasteiger partial charge in [0.25, 0.3) is 5.56 Å². The lowest BCUT2D eigenvalue weighted by Gasteiger charge is -2.48. The first-order valence-electron chi connectivity index (χ1n) is 11.3. The van der Waals surface area contributed by atoms with Crippen LogP contribution >= 0.6 is 0 Å². The molecule has 1 aromatic heterocycles. The summed E-state index contributed by atoms with van der Waals surface area (Å²) in [4.78, 5) is 13.6. The van der Waals surface area contributed by atoms with Gasteiger partial charge in [-0.05, 0) is 55.5 Å². The number of aromatic nitrogens is 1. The molecule has 2 aliphatic rings. The van der Waals surface area contributed by atoms with Gasteiger partial charge in [-0.1, -0.05) is 42.8 Å². The Morgan fingerprint density at radius 1 is 1.03 bits per heavy atom. The van der Waals surface area contributed by atoms with E-state index < -0.39 is 17.6 Å². The third kappa shape index (κ3) is 3.51. The molecule has 1 aliphatic heterocycles. The van der Waals surface area contributed by atoms with Crippen molar-refractivity contribution >= 4 is 0 Å². The maximum absolute atomic E-state index is 13.6. The van der Waals surface area contributed by atoms with Gasteiger partial charge in [-0.25, -0.2) is 0 Å². The van der Waals surface area contributed by atoms with Crippen molar-refractivity contribution in [2.75, 3.05) is 0 Å². The molecule has 2 atom stereocenters. The van der Waals surface area contributed by atoms with Gasteiger partial charge in [-0.2, -0.15) is 5.26 Å². The maximum Gasteiger partial charge on any atom is 0.254 e. The molecule has 0 amide bonds. The van der Waals surface area contributed by atoms with Crippen molar-refractivity contribution < 1.29 is 9.84 Å². The van der Waals surface area contributed by atoms with Crippen molar-refractivity contribution in [1.29, 1.82) is 5.26 Å². The van der Waals surface area contributed by atoms with Crippen LogP contribution in [0.15, 0.2) is 71.7 Å². The molecule has 2 aromatic carbocycles. The van der Waals surface area contributed by atoms with Crippen LogP contribution in [0.3, 0.4) is 0 Å². The van der Waals surface area contributed by atoms with Crippen LogP contribution in [0.25, 0.3) is 0 Å². The van der Waals surface area contributed by atoms with Crippen LogP contribution in [0.5, 0.6) is 5.75 Å². The average Bonchev–Trinajstić information content (AvgIpc) is 2.83. The lowest BCUT2D eigenvalue weighted by atomic mass is 9.70. The van der Waals surface area contributed by atoms with E-state index in [-0.39, 0.29) is 5.56 Å². The van der Waals surface area contributed by atoms with Crippen LogP contribution in [-0.4, -0.2) is 21.4 Å². The third-order valence-corrected chi connectivity index (χ3v) is 6.92. The number of benzene rings is 2. The van der Waals surface area contributed by atoms with Crippen molar-refractivity contribution in [3.05, 3.63) is 99.5 Å². The summed E-state index contributed by atoms with van der Waals surface area (Å²) in [6, 6.07) is 21.0. The Balaban J connectivity index is 1.64. The largest absolute Gasteiger partial charge is 0.484 e. The smallest absolute Gasteiger partial charge is 0.254 e. The topological polar surface area (TPSA) is 75.2 Å². The van der Waals surface area contributed by atoms with Gasteiger partial charge in [0, 0.05) is 23.2 Å². The second-order valence-corrected chi connectivity index (χ2v) is 8.90. The lowest BCUT2D eigenvalue weighted by molar-refractivity contribution is -0.0965. The molecule has 3 aromatic rings. The average molecular weight is 427 g/mol. The number of nitriles is 1. The predicted octanol–water partition coefficient (Wildman–Crippen LogP) is 4.36. The second kappa shape index (κ2) is 8.29. The fourth-order valence-corrected chi connectivity index (χ4v) is 5.29. The molecule has 32 heavy (non-hydrogen) atoms. The molecular weight excluding hydrogens is 400 g/mol. The molecule has 2 unspecified atom stereocenters. The van der Waals surface area contributed by atoms with E-state index in [1.165, 1.54) is 0 Å². The highest BCUT2D eigenvalue weighted by atomic mass is 16.5. The zero-order valence-corrected chi connectivity index (χ0v) is 17.9. The van der Waals surface area contributed by atoms with E-state index in [1.54, 1.807) is 22.9 Å². The molecule has 5 heteroatoms. The summed E-state index contributed by atoms with van der Waals surface area (Å²) < 4.78 is 8.11. The van der Waals surface area contributed by atoms with Crippen LogP contribution < -0.4 is 10.3 Å². The van der Waals surface area contributed by atoms with E-state index in [0.717, 1.165) is 37.7 Å². The Hall–Kier alpha value is -3.36. The summed E-state index contributed by atoms with van der Waals surface area (Å²) in [5.74, 6) is 0.125. The number of aliphatic hydroxyl groups excluding tert-OH is 1. The number of fused-ring (bicyclic) bond motifs is 1. The first kappa shape index (κ1) is 20.5. The van der Waals surface area contributed by atoms with Crippen molar-refractivity contribution in [2.45, 2.75) is 56.3 Å². The number of rotatable bonds is 3. The lowest BCUT2D eigenvalue weighted by Crippen LogP contribution is -2.55. The first-order valence-corrected chi connectivity index (χ1v) is 11.3. The van der Waals surface area contributed by atoms with Gasteiger partial charge in [0.1, 0.15) is 17.5 Å². The number of pyridine rings is 1. The Kier molecular flexibility index (Phi) is 5.32. The summed E-state index contributed by atoms with van der Waals surface area (Å²) in [6.07, 6.45) is 5.55. The molecule has 5 nitrogen and oxygen atoms in total. The van der Waals surface area contributed by atoms with E-state index in [1.807, 2.05) is 48.5 Å². The highest BCUT2D eigenvalue weighted by molar-refractivity contribution is 5.50. The second-order valence-electron chi connectivity index (χ2n) is 8.90. The van der Waals surface area contributed by atoms with Gasteiger partial charge in [0.2, 0.25) is 0 Å². The van der Waals surface area contributed by atoms with Crippen LogP contribution in [-0.2, 0) is 6.54 Å². The van der Waals surface area contributed by atoms with E-state index in [2.05, 4.69) is 6.07 Å². The summed E-state index contributed by atoms with van der Waals surface area (Å²) in [6.45, 7) is 0.461. The number of hydrogen-bond donors (Lipinski definition) is 1. The van der Waals surface area contributed by atoms with E-state index in [9.17, 15) is 15.2 Å². The Morgan fingerprint density at radius 3 is 2.56 bits per heavy atom. The minimum absolute atomic E-state index is 0.124. The summed E-state index contributed by atoms with van der Waals surface area (Å²) in [5, 5.41) is 21.1. The zero-order chi connectivity index (χ0) is 22.1. The van der Waals surface area contributed by atoms with Crippen LogP contribution in [0.1, 0.15) is 60.3 Å². The fourth-order valence-electron chi connectivity index (χ4n) is 5.29. The molecule has 1 N–H and O–H groups in total. The minimum Gasteiger partial charge on any atom is -0.484 e. The van der Waals surface area contributed by atoms with Gasteiger partial charge in [-0.3, -0.25) is 4.79 Å². The maximum atomic E-state index is 13.6. The summed E-state index contributed by atoms with van der Waals surface area (Å²) in [7, 11) is 0. The summed E-state index contributed by atoms with van der Waals surface area (Å²) >= 11 is 0. The normalized spacial score (nSPS) is 21.4. The van der Waals surface area contributed by atoms with Crippen molar-refractivity contribution in [2.24, 2.45) is 0 Å². The molecular formula is C27H26N2O3. The fraction of sp³-hybridized carbons (Fsp3) is 0.333. The number of ether oxygens (including phenoxy) is 1. The van der Waals surface area contributed by atoms with Crippen LogP contribution in [0, 0.1) is 11.3 Å². The predicted molar refractivity (Wildman–Crippen MR) is 122 cm³/mol. The summed E-state index contributed by atoms with van der Waals surface area (Å²) in [5.41, 5.74) is 1.96. The first-order chi connectivity index (χ1) is 15.6. The number of hydrogen-bond acceptors (Lipinski definition) is 4. The molecule has 0 radical (unpaired) electrons. The molecule has 0 saturated heterocycles. The zero-order valence-electron chi connectivity index (χ0n) is 17.9. The van der Waals surface area contributed by atoms with E-state index in [0.29, 0.717) is 29.0 Å². The monoisotopic (exact) mass is 426 g/mol. The molecule has 1 saturated carbocycles. The van der Waals surface area contributed by atoms with Gasteiger partial charge in [-0.15, -0.1) is 0 Å². The number of nitrogens with zero attached hydrogens (tertiary/aromatic N) is 2. The van der Waals surface area contributed by atoms with E-state index >= 15 is 0 Å². The quantitative estimate of drug-likeness (QED) is 0.675. The molecule has 1 aliphatic carbocycles. The van der Waals surface area contributed by atoms with Crippen molar-refractivity contribution in [3.8, 4) is 11.8 Å². The van der Waals surface area contributed by atoms with Gasteiger partial charge in [0.05, 0.1) is 18.2 Å². The Labute approximate surface area is 187 Å². The highest BCUT2D eigenvalue weighted by Gasteiger charge is 2.50. The highest BCUT2D eigenvalue weighted by Crippen LogP contribution is 2.49. The van der Waals surface area contributed by atoms with Crippen LogP contribution in [0.4, 0.5) is 0 Å².